The molecule has 29 heavy (non-hydrogen) atoms. The minimum absolute atomic E-state index is 0.0468. The van der Waals surface area contributed by atoms with E-state index in [1.807, 2.05) is 6.92 Å². The Kier molecular flexibility index (Phi) is 17.1. The topological polar surface area (TPSA) is 52.6 Å². The van der Waals surface area contributed by atoms with E-state index in [1.54, 1.807) is 0 Å². The Hall–Kier alpha value is -1.06. The summed E-state index contributed by atoms with van der Waals surface area (Å²) in [5.41, 5.74) is 0. The Balaban J connectivity index is 4.91. The highest BCUT2D eigenvalue weighted by Crippen LogP contribution is 2.35. The van der Waals surface area contributed by atoms with Gasteiger partial charge in [-0.2, -0.15) is 0 Å². The molecule has 4 nitrogen and oxygen atoms in total. The van der Waals surface area contributed by atoms with Gasteiger partial charge in [-0.05, 0) is 25.7 Å². The van der Waals surface area contributed by atoms with E-state index in [-0.39, 0.29) is 17.9 Å². The summed E-state index contributed by atoms with van der Waals surface area (Å²) < 4.78 is 11.9. The van der Waals surface area contributed by atoms with E-state index in [0.29, 0.717) is 19.3 Å². The van der Waals surface area contributed by atoms with Crippen molar-refractivity contribution in [3.63, 3.8) is 0 Å². The van der Waals surface area contributed by atoms with Crippen LogP contribution in [0.25, 0.3) is 0 Å². The first-order valence-corrected chi connectivity index (χ1v) is 12.4. The largest absolute Gasteiger partial charge is 0.422 e. The maximum absolute atomic E-state index is 12.6. The number of unbranched alkanes of at least 4 members (excludes halogenated alkanes) is 8. The van der Waals surface area contributed by atoms with Gasteiger partial charge in [-0.15, -0.1) is 0 Å². The van der Waals surface area contributed by atoms with Crippen LogP contribution in [-0.2, 0) is 19.1 Å². The zero-order valence-electron chi connectivity index (χ0n) is 20.0. The van der Waals surface area contributed by atoms with Gasteiger partial charge in [0.15, 0.2) is 0 Å². The molecule has 0 aromatic rings. The third-order valence-electron chi connectivity index (χ3n) is 5.79. The molecule has 0 heterocycles. The van der Waals surface area contributed by atoms with Crippen LogP contribution in [0, 0.1) is 5.92 Å². The molecule has 0 aliphatic rings. The highest BCUT2D eigenvalue weighted by molar-refractivity contribution is 5.72. The van der Waals surface area contributed by atoms with E-state index < -0.39 is 5.79 Å². The summed E-state index contributed by atoms with van der Waals surface area (Å²) in [6, 6.07) is 0. The Morgan fingerprint density at radius 2 is 1.10 bits per heavy atom. The third-order valence-corrected chi connectivity index (χ3v) is 5.79. The molecule has 4 heteroatoms. The summed E-state index contributed by atoms with van der Waals surface area (Å²) in [5.74, 6) is -1.51. The molecule has 0 N–H and O–H groups in total. The van der Waals surface area contributed by atoms with E-state index in [2.05, 4.69) is 27.7 Å². The number of ether oxygens (including phenoxy) is 2. The Labute approximate surface area is 180 Å². The minimum atomic E-state index is -1.11. The van der Waals surface area contributed by atoms with Crippen LogP contribution >= 0.6 is 0 Å². The second-order valence-electron chi connectivity index (χ2n) is 8.34. The molecule has 0 fully saturated rings. The van der Waals surface area contributed by atoms with Gasteiger partial charge < -0.3 is 9.47 Å². The summed E-state index contributed by atoms with van der Waals surface area (Å²) in [6.45, 7) is 10.5. The standard InChI is InChI=1S/C25H48O4/c1-6-11-13-15-17-20-23(26)28-25(10-5,22(9-4)19-8-3)29-24(27)21-18-16-14-12-7-2/h22H,6-21H2,1-5H3. The van der Waals surface area contributed by atoms with Crippen LogP contribution in [0.2, 0.25) is 0 Å². The van der Waals surface area contributed by atoms with E-state index >= 15 is 0 Å². The lowest BCUT2D eigenvalue weighted by Gasteiger charge is -2.38. The molecule has 0 aliphatic carbocycles. The average molecular weight is 413 g/mol. The molecule has 0 saturated carbocycles. The lowest BCUT2D eigenvalue weighted by molar-refractivity contribution is -0.251. The molecule has 1 atom stereocenters. The Morgan fingerprint density at radius 1 is 0.655 bits per heavy atom. The normalized spacial score (nSPS) is 12.6. The van der Waals surface area contributed by atoms with E-state index in [9.17, 15) is 9.59 Å². The zero-order valence-corrected chi connectivity index (χ0v) is 20.0. The average Bonchev–Trinajstić information content (AvgIpc) is 2.71. The van der Waals surface area contributed by atoms with Crippen LogP contribution in [0.3, 0.4) is 0 Å². The second-order valence-corrected chi connectivity index (χ2v) is 8.34. The Bertz CT molecular complexity index is 391. The van der Waals surface area contributed by atoms with Crippen LogP contribution in [0.1, 0.15) is 137 Å². The molecule has 0 radical (unpaired) electrons. The van der Waals surface area contributed by atoms with Crippen LogP contribution in [-0.4, -0.2) is 17.7 Å². The summed E-state index contributed by atoms with van der Waals surface area (Å²) in [7, 11) is 0. The molecule has 172 valence electrons. The fourth-order valence-electron chi connectivity index (χ4n) is 3.94. The van der Waals surface area contributed by atoms with E-state index in [0.717, 1.165) is 57.8 Å². The molecular formula is C25H48O4. The third kappa shape index (κ3) is 12.3. The second kappa shape index (κ2) is 17.8. The lowest BCUT2D eigenvalue weighted by Crippen LogP contribution is -2.46. The molecule has 0 aliphatic heterocycles. The number of esters is 2. The monoisotopic (exact) mass is 412 g/mol. The van der Waals surface area contributed by atoms with Crippen molar-refractivity contribution in [1.82, 2.24) is 0 Å². The molecule has 0 rings (SSSR count). The summed E-state index contributed by atoms with van der Waals surface area (Å²) in [4.78, 5) is 25.2. The first kappa shape index (κ1) is 27.9. The smallest absolute Gasteiger partial charge is 0.309 e. The maximum atomic E-state index is 12.6. The van der Waals surface area contributed by atoms with Gasteiger partial charge in [-0.1, -0.05) is 92.4 Å². The lowest BCUT2D eigenvalue weighted by atomic mass is 9.88. The minimum Gasteiger partial charge on any atom is -0.422 e. The van der Waals surface area contributed by atoms with Crippen molar-refractivity contribution in [2.24, 2.45) is 5.92 Å². The molecule has 0 saturated heterocycles. The zero-order chi connectivity index (χ0) is 22.0. The number of hydrogen-bond donors (Lipinski definition) is 0. The summed E-state index contributed by atoms with van der Waals surface area (Å²) in [5, 5.41) is 0. The van der Waals surface area contributed by atoms with E-state index in [1.165, 1.54) is 25.7 Å². The fourth-order valence-corrected chi connectivity index (χ4v) is 3.94. The van der Waals surface area contributed by atoms with Gasteiger partial charge in [0.25, 0.3) is 5.79 Å². The van der Waals surface area contributed by atoms with Crippen molar-refractivity contribution in [2.45, 2.75) is 143 Å². The first-order valence-electron chi connectivity index (χ1n) is 12.4. The van der Waals surface area contributed by atoms with Gasteiger partial charge in [-0.25, -0.2) is 0 Å². The van der Waals surface area contributed by atoms with Gasteiger partial charge in [0, 0.05) is 25.2 Å². The molecular weight excluding hydrogens is 364 g/mol. The van der Waals surface area contributed by atoms with Crippen LogP contribution in [0.5, 0.6) is 0 Å². The van der Waals surface area contributed by atoms with Crippen LogP contribution < -0.4 is 0 Å². The van der Waals surface area contributed by atoms with Crippen molar-refractivity contribution >= 4 is 11.9 Å². The van der Waals surface area contributed by atoms with E-state index in [4.69, 9.17) is 9.47 Å². The van der Waals surface area contributed by atoms with Crippen molar-refractivity contribution in [3.8, 4) is 0 Å². The predicted molar refractivity (Wildman–Crippen MR) is 121 cm³/mol. The van der Waals surface area contributed by atoms with Crippen LogP contribution in [0.15, 0.2) is 0 Å². The summed E-state index contributed by atoms with van der Waals surface area (Å²) >= 11 is 0. The molecule has 0 bridgehead atoms. The first-order chi connectivity index (χ1) is 14.0. The SMILES string of the molecule is CCCCCCCC(=O)OC(CC)(OC(=O)CCCCCCC)C(CC)CCC. The molecule has 0 aromatic carbocycles. The molecule has 0 spiro atoms. The van der Waals surface area contributed by atoms with Crippen molar-refractivity contribution in [3.05, 3.63) is 0 Å². The highest BCUT2D eigenvalue weighted by Gasteiger charge is 2.43. The molecule has 0 amide bonds. The summed E-state index contributed by atoms with van der Waals surface area (Å²) in [6.07, 6.45) is 14.9. The number of carbonyl (C=O) groups is 2. The quantitative estimate of drug-likeness (QED) is 0.124. The number of hydrogen-bond acceptors (Lipinski definition) is 4. The van der Waals surface area contributed by atoms with Crippen molar-refractivity contribution < 1.29 is 19.1 Å². The Morgan fingerprint density at radius 3 is 1.45 bits per heavy atom. The number of carbonyl (C=O) groups excluding carboxylic acids is 2. The van der Waals surface area contributed by atoms with Crippen molar-refractivity contribution in [1.29, 1.82) is 0 Å². The van der Waals surface area contributed by atoms with Gasteiger partial charge in [0.2, 0.25) is 0 Å². The van der Waals surface area contributed by atoms with Crippen LogP contribution in [0.4, 0.5) is 0 Å². The fraction of sp³-hybridized carbons (Fsp3) is 0.920. The number of rotatable bonds is 19. The van der Waals surface area contributed by atoms with Gasteiger partial charge in [0.1, 0.15) is 0 Å². The molecule has 1 unspecified atom stereocenters. The van der Waals surface area contributed by atoms with Gasteiger partial charge in [-0.3, -0.25) is 9.59 Å². The highest BCUT2D eigenvalue weighted by atomic mass is 16.7. The maximum Gasteiger partial charge on any atom is 0.309 e. The van der Waals surface area contributed by atoms with Crippen molar-refractivity contribution in [2.75, 3.05) is 0 Å². The van der Waals surface area contributed by atoms with Gasteiger partial charge in [0.05, 0.1) is 0 Å². The molecule has 0 aromatic heterocycles. The predicted octanol–water partition coefficient (Wildman–Crippen LogP) is 7.73. The van der Waals surface area contributed by atoms with Gasteiger partial charge >= 0.3 is 11.9 Å².